The molecule has 0 spiro atoms. The topological polar surface area (TPSA) is 73.8 Å². The minimum atomic E-state index is -0.170. The molecule has 5 rings (SSSR count). The van der Waals surface area contributed by atoms with Gasteiger partial charge in [0.1, 0.15) is 5.75 Å². The Morgan fingerprint density at radius 3 is 2.83 bits per heavy atom. The molecule has 2 aromatic carbocycles. The van der Waals surface area contributed by atoms with E-state index in [2.05, 4.69) is 4.98 Å². The van der Waals surface area contributed by atoms with Crippen molar-refractivity contribution in [2.45, 2.75) is 6.54 Å². The van der Waals surface area contributed by atoms with Crippen LogP contribution in [0, 0.1) is 0 Å². The number of rotatable bonds is 5. The normalized spacial score (nSPS) is 12.2. The summed E-state index contributed by atoms with van der Waals surface area (Å²) in [6, 6.07) is 14.6. The molecule has 8 heteroatoms. The van der Waals surface area contributed by atoms with Gasteiger partial charge in [0.2, 0.25) is 6.79 Å². The third kappa shape index (κ3) is 3.42. The zero-order valence-electron chi connectivity index (χ0n) is 16.1. The molecule has 150 valence electrons. The van der Waals surface area contributed by atoms with E-state index in [1.807, 2.05) is 30.3 Å². The number of carbonyl (C=O) groups excluding carboxylic acids is 1. The molecule has 1 aliphatic heterocycles. The third-order valence-electron chi connectivity index (χ3n) is 4.73. The molecule has 0 aliphatic carbocycles. The summed E-state index contributed by atoms with van der Waals surface area (Å²) in [6.45, 7) is 0.553. The number of aromatic nitrogens is 2. The first kappa shape index (κ1) is 18.4. The maximum absolute atomic E-state index is 13.5. The van der Waals surface area contributed by atoms with Gasteiger partial charge in [-0.25, -0.2) is 4.98 Å². The fourth-order valence-electron chi connectivity index (χ4n) is 3.23. The standard InChI is InChI=1S/C22H17N3O4S/c1-27-16-6-2-5-15(8-16)21(26)25(12-14-4-3-7-23-11-14)22-24-17-9-18-19(29-13-28-18)10-20(17)30-22/h2-11H,12-13H2,1H3. The summed E-state index contributed by atoms with van der Waals surface area (Å²) in [4.78, 5) is 24.0. The first-order valence-corrected chi connectivity index (χ1v) is 10.1. The van der Waals surface area contributed by atoms with Crippen LogP contribution in [0.15, 0.2) is 60.9 Å². The fourth-order valence-corrected chi connectivity index (χ4v) is 4.21. The molecule has 2 aromatic heterocycles. The first-order chi connectivity index (χ1) is 14.7. The van der Waals surface area contributed by atoms with Crippen LogP contribution in [0.1, 0.15) is 15.9 Å². The van der Waals surface area contributed by atoms with E-state index in [9.17, 15) is 4.79 Å². The molecule has 0 bridgehead atoms. The van der Waals surface area contributed by atoms with Crippen LogP contribution >= 0.6 is 11.3 Å². The lowest BCUT2D eigenvalue weighted by molar-refractivity contribution is 0.0984. The highest BCUT2D eigenvalue weighted by atomic mass is 32.1. The predicted molar refractivity (Wildman–Crippen MR) is 113 cm³/mol. The van der Waals surface area contributed by atoms with Gasteiger partial charge in [-0.3, -0.25) is 14.7 Å². The highest BCUT2D eigenvalue weighted by molar-refractivity contribution is 7.22. The zero-order valence-corrected chi connectivity index (χ0v) is 16.9. The molecule has 3 heterocycles. The Hall–Kier alpha value is -3.65. The van der Waals surface area contributed by atoms with Crippen molar-refractivity contribution in [2.24, 2.45) is 0 Å². The van der Waals surface area contributed by atoms with Crippen LogP contribution < -0.4 is 19.1 Å². The fraction of sp³-hybridized carbons (Fsp3) is 0.136. The number of methoxy groups -OCH3 is 1. The largest absolute Gasteiger partial charge is 0.497 e. The average Bonchev–Trinajstić information content (AvgIpc) is 3.41. The van der Waals surface area contributed by atoms with Gasteiger partial charge < -0.3 is 14.2 Å². The smallest absolute Gasteiger partial charge is 0.260 e. The van der Waals surface area contributed by atoms with Crippen molar-refractivity contribution < 1.29 is 19.0 Å². The zero-order chi connectivity index (χ0) is 20.5. The number of pyridine rings is 1. The van der Waals surface area contributed by atoms with Crippen LogP contribution in [0.2, 0.25) is 0 Å². The molecule has 0 fully saturated rings. The van der Waals surface area contributed by atoms with Crippen molar-refractivity contribution in [3.05, 3.63) is 72.1 Å². The van der Waals surface area contributed by atoms with Gasteiger partial charge in [-0.1, -0.05) is 23.5 Å². The Bertz CT molecular complexity index is 1180. The van der Waals surface area contributed by atoms with Crippen LogP contribution in [0.4, 0.5) is 5.13 Å². The SMILES string of the molecule is COc1cccc(C(=O)N(Cc2cccnc2)c2nc3cc4c(cc3s2)OCO4)c1. The summed E-state index contributed by atoms with van der Waals surface area (Å²) in [5.41, 5.74) is 2.18. The Kier molecular flexibility index (Phi) is 4.68. The van der Waals surface area contributed by atoms with E-state index >= 15 is 0 Å². The van der Waals surface area contributed by atoms with E-state index in [1.54, 1.807) is 42.6 Å². The van der Waals surface area contributed by atoms with Crippen LogP contribution in [0.3, 0.4) is 0 Å². The van der Waals surface area contributed by atoms with Crippen molar-refractivity contribution in [1.82, 2.24) is 9.97 Å². The summed E-state index contributed by atoms with van der Waals surface area (Å²) >= 11 is 1.43. The highest BCUT2D eigenvalue weighted by Gasteiger charge is 2.24. The van der Waals surface area contributed by atoms with E-state index in [1.165, 1.54) is 11.3 Å². The summed E-state index contributed by atoms with van der Waals surface area (Å²) in [5, 5.41) is 0.588. The van der Waals surface area contributed by atoms with Crippen molar-refractivity contribution in [3.8, 4) is 17.2 Å². The van der Waals surface area contributed by atoms with Crippen molar-refractivity contribution in [2.75, 3.05) is 18.8 Å². The number of ether oxygens (including phenoxy) is 3. The lowest BCUT2D eigenvalue weighted by Gasteiger charge is -2.20. The lowest BCUT2D eigenvalue weighted by atomic mass is 10.1. The summed E-state index contributed by atoms with van der Waals surface area (Å²) in [5.74, 6) is 1.81. The van der Waals surface area contributed by atoms with Crippen molar-refractivity contribution >= 4 is 32.6 Å². The Morgan fingerprint density at radius 1 is 1.17 bits per heavy atom. The van der Waals surface area contributed by atoms with Gasteiger partial charge >= 0.3 is 0 Å². The van der Waals surface area contributed by atoms with Crippen LogP contribution in [-0.2, 0) is 6.54 Å². The molecule has 4 aromatic rings. The first-order valence-electron chi connectivity index (χ1n) is 9.26. The molecular weight excluding hydrogens is 402 g/mol. The number of hydrogen-bond donors (Lipinski definition) is 0. The Balaban J connectivity index is 1.57. The minimum absolute atomic E-state index is 0.170. The number of nitrogens with zero attached hydrogens (tertiary/aromatic N) is 3. The average molecular weight is 419 g/mol. The maximum Gasteiger partial charge on any atom is 0.260 e. The molecule has 0 N–H and O–H groups in total. The highest BCUT2D eigenvalue weighted by Crippen LogP contribution is 2.40. The van der Waals surface area contributed by atoms with E-state index in [4.69, 9.17) is 19.2 Å². The van der Waals surface area contributed by atoms with Crippen molar-refractivity contribution in [1.29, 1.82) is 0 Å². The molecule has 7 nitrogen and oxygen atoms in total. The second-order valence-electron chi connectivity index (χ2n) is 6.65. The summed E-state index contributed by atoms with van der Waals surface area (Å²) < 4.78 is 17.1. The predicted octanol–water partition coefficient (Wildman–Crippen LogP) is 4.28. The van der Waals surface area contributed by atoms with Crippen molar-refractivity contribution in [3.63, 3.8) is 0 Å². The van der Waals surface area contributed by atoms with Crippen LogP contribution in [0.5, 0.6) is 17.2 Å². The quantitative estimate of drug-likeness (QED) is 0.481. The Morgan fingerprint density at radius 2 is 2.03 bits per heavy atom. The monoisotopic (exact) mass is 419 g/mol. The van der Waals surface area contributed by atoms with E-state index < -0.39 is 0 Å². The minimum Gasteiger partial charge on any atom is -0.497 e. The van der Waals surface area contributed by atoms with Crippen LogP contribution in [0.25, 0.3) is 10.2 Å². The van der Waals surface area contributed by atoms with Gasteiger partial charge in [0.15, 0.2) is 16.6 Å². The molecule has 1 amide bonds. The van der Waals surface area contributed by atoms with E-state index in [0.717, 1.165) is 15.8 Å². The van der Waals surface area contributed by atoms with Gasteiger partial charge in [-0.05, 0) is 29.8 Å². The number of benzene rings is 2. The molecule has 1 aliphatic rings. The molecule has 30 heavy (non-hydrogen) atoms. The van der Waals surface area contributed by atoms with Gasteiger partial charge in [-0.2, -0.15) is 0 Å². The van der Waals surface area contributed by atoms with E-state index in [-0.39, 0.29) is 12.7 Å². The second-order valence-corrected chi connectivity index (χ2v) is 7.66. The molecule has 0 saturated heterocycles. The molecule has 0 unspecified atom stereocenters. The maximum atomic E-state index is 13.5. The second kappa shape index (κ2) is 7.64. The lowest BCUT2D eigenvalue weighted by Crippen LogP contribution is -2.30. The third-order valence-corrected chi connectivity index (χ3v) is 5.77. The van der Waals surface area contributed by atoms with E-state index in [0.29, 0.717) is 34.5 Å². The molecular formula is C22H17N3O4S. The number of anilines is 1. The van der Waals surface area contributed by atoms with Gasteiger partial charge in [-0.15, -0.1) is 0 Å². The summed E-state index contributed by atoms with van der Waals surface area (Å²) in [6.07, 6.45) is 3.45. The molecule has 0 saturated carbocycles. The number of thiazole rings is 1. The number of carbonyl (C=O) groups is 1. The van der Waals surface area contributed by atoms with Crippen LogP contribution in [-0.4, -0.2) is 29.8 Å². The van der Waals surface area contributed by atoms with Gasteiger partial charge in [0.25, 0.3) is 5.91 Å². The Labute approximate surface area is 176 Å². The number of amides is 1. The number of hydrogen-bond acceptors (Lipinski definition) is 7. The summed E-state index contributed by atoms with van der Waals surface area (Å²) in [7, 11) is 1.58. The van der Waals surface area contributed by atoms with Gasteiger partial charge in [0, 0.05) is 30.1 Å². The number of fused-ring (bicyclic) bond motifs is 2. The molecule has 0 atom stereocenters. The molecule has 0 radical (unpaired) electrons. The van der Waals surface area contributed by atoms with Gasteiger partial charge in [0.05, 0.1) is 23.9 Å².